The molecular formula is C52H82N14O34P6S2. The van der Waals surface area contributed by atoms with Gasteiger partial charge in [0, 0.05) is 61.4 Å². The van der Waals surface area contributed by atoms with E-state index in [1.165, 1.54) is 52.0 Å². The highest BCUT2D eigenvalue weighted by atomic mass is 32.2. The maximum absolute atomic E-state index is 12.7. The molecule has 4 amide bonds. The number of imidazole rings is 2. The van der Waals surface area contributed by atoms with Crippen LogP contribution in [0.2, 0.25) is 0 Å². The number of hydrogen-bond donors (Lipinski definition) is 19. The molecular weight excluding hydrogens is 1610 g/mol. The van der Waals surface area contributed by atoms with Crippen LogP contribution in [0.25, 0.3) is 22.3 Å². The smallest absolute Gasteiger partial charge is 0.386 e. The molecule has 2 aliphatic heterocycles. The molecule has 4 unspecified atom stereocenters. The number of thioether (sulfide) groups is 1. The Hall–Kier alpha value is -5.66. The molecule has 6 heterocycles. The van der Waals surface area contributed by atoms with E-state index in [-0.39, 0.29) is 83.3 Å². The number of thiol groups is 1. The average Bonchev–Trinajstić information content (AvgIpc) is 1.62. The fourth-order valence-corrected chi connectivity index (χ4v) is 15.4. The lowest BCUT2D eigenvalue weighted by Gasteiger charge is -2.30. The molecule has 0 saturated carbocycles. The highest BCUT2D eigenvalue weighted by Crippen LogP contribution is 2.63. The molecule has 20 N–H and O–H groups in total. The summed E-state index contributed by atoms with van der Waals surface area (Å²) in [6.45, 7) is 6.24. The Morgan fingerprint density at radius 3 is 1.53 bits per heavy atom. The number of nitrogens with zero attached hydrogens (tertiary/aromatic N) is 8. The molecule has 0 bridgehead atoms. The van der Waals surface area contributed by atoms with Gasteiger partial charge >= 0.3 is 46.9 Å². The lowest BCUT2D eigenvalue weighted by atomic mass is 9.87. The van der Waals surface area contributed by atoms with Gasteiger partial charge in [0.2, 0.25) is 40.4 Å². The number of aliphatic hydroxyl groups is 4. The number of aliphatic hydroxyl groups excluding tert-OH is 4. The molecule has 4 aromatic rings. The van der Waals surface area contributed by atoms with E-state index in [1.807, 2.05) is 0 Å². The number of rotatable bonds is 42. The first-order chi connectivity index (χ1) is 50.1. The molecule has 0 aliphatic carbocycles. The fourth-order valence-electron chi connectivity index (χ4n) is 9.09. The Bertz CT molecular complexity index is 4200. The van der Waals surface area contributed by atoms with Gasteiger partial charge in [0.1, 0.15) is 66.2 Å². The molecule has 0 aromatic carbocycles. The summed E-state index contributed by atoms with van der Waals surface area (Å²) in [6.07, 6.45) is -7.79. The van der Waals surface area contributed by atoms with Gasteiger partial charge in [-0.05, 0) is 18.6 Å². The first kappa shape index (κ1) is 92.9. The lowest BCUT2D eigenvalue weighted by Crippen LogP contribution is -2.46. The minimum atomic E-state index is -5.61. The van der Waals surface area contributed by atoms with Crippen LogP contribution in [0.4, 0.5) is 11.6 Å². The van der Waals surface area contributed by atoms with Gasteiger partial charge in [0.05, 0.1) is 39.1 Å². The van der Waals surface area contributed by atoms with E-state index in [1.54, 1.807) is 13.0 Å². The predicted molar refractivity (Wildman–Crippen MR) is 374 cm³/mol. The fraction of sp³-hybridized carbons (Fsp3) is 0.577. The number of nitrogens with one attached hydrogen (secondary N) is 4. The summed E-state index contributed by atoms with van der Waals surface area (Å²) in [4.78, 5) is 175. The number of carbonyl (C=O) groups excluding carboxylic acids is 6. The third kappa shape index (κ3) is 28.8. The Morgan fingerprint density at radius 1 is 0.639 bits per heavy atom. The van der Waals surface area contributed by atoms with Gasteiger partial charge in [-0.25, -0.2) is 57.3 Å². The van der Waals surface area contributed by atoms with Crippen LogP contribution in [0.5, 0.6) is 0 Å². The van der Waals surface area contributed by atoms with Crippen LogP contribution < -0.4 is 32.7 Å². The van der Waals surface area contributed by atoms with Crippen molar-refractivity contribution in [2.45, 2.75) is 115 Å². The van der Waals surface area contributed by atoms with Crippen molar-refractivity contribution >= 4 is 140 Å². The Kier molecular flexibility index (Phi) is 34.6. The summed E-state index contributed by atoms with van der Waals surface area (Å²) in [5, 5.41) is 52.4. The van der Waals surface area contributed by atoms with E-state index < -0.39 is 169 Å². The largest absolute Gasteiger partial charge is 0.481 e. The van der Waals surface area contributed by atoms with Gasteiger partial charge in [0.15, 0.2) is 35.4 Å². The second kappa shape index (κ2) is 40.2. The summed E-state index contributed by atoms with van der Waals surface area (Å²) in [7, 11) is -32.9. The van der Waals surface area contributed by atoms with Gasteiger partial charge in [0.25, 0.3) is 0 Å². The van der Waals surface area contributed by atoms with Gasteiger partial charge in [-0.15, -0.1) is 0 Å². The highest BCUT2D eigenvalue weighted by molar-refractivity contribution is 8.14. The van der Waals surface area contributed by atoms with Crippen molar-refractivity contribution in [3.63, 3.8) is 0 Å². The number of fused-ring (bicyclic) bond motifs is 2. The SMILES string of the molecule is C=CC=CC(=O)SCCNC(=O)CCNC(=O)[C@H](O)C(C)(C)COP(=O)(O)OP(=O)(O)OC[C@H]1O[C@@H](n2cnc3c(N)ncnc32)[C@H](O)[C@@H]1OP(=O)(O)O.CCC=CC(=O)c1nc(N)c2ncn([C@@H]3O[C@H](COP(=O)(O)OP(=O)(O)OCC(C)(C)[C@@H](O)C(=O)NCCC(=O)NCCS)[C@@H](OP(=O)(O)O)[C@H]3O)c2n1. The minimum Gasteiger partial charge on any atom is -0.386 e. The predicted octanol–water partition coefficient (Wildman–Crippen LogP) is -1.11. The molecule has 0 spiro atoms. The van der Waals surface area contributed by atoms with E-state index in [0.29, 0.717) is 24.5 Å². The van der Waals surface area contributed by atoms with E-state index in [9.17, 15) is 116 Å². The quantitative estimate of drug-likeness (QED) is 0.00625. The number of carbonyl (C=O) groups is 6. The molecule has 14 atom stereocenters. The first-order valence-corrected chi connectivity index (χ1v) is 41.8. The molecule has 2 fully saturated rings. The number of phosphoric ester groups is 6. The van der Waals surface area contributed by atoms with Crippen LogP contribution in [-0.4, -0.2) is 246 Å². The van der Waals surface area contributed by atoms with Crippen LogP contribution in [0.3, 0.4) is 0 Å². The summed E-state index contributed by atoms with van der Waals surface area (Å²) >= 11 is 4.93. The van der Waals surface area contributed by atoms with Crippen molar-refractivity contribution in [1.82, 2.24) is 60.3 Å². The molecule has 56 heteroatoms. The van der Waals surface area contributed by atoms with Gasteiger partial charge in [-0.3, -0.25) is 65.0 Å². The second-order valence-electron chi connectivity index (χ2n) is 24.0. The number of amides is 4. The number of ether oxygens (including phenoxy) is 2. The Balaban J connectivity index is 0.000000387. The van der Waals surface area contributed by atoms with Crippen molar-refractivity contribution in [3.05, 3.63) is 61.8 Å². The second-order valence-corrected chi connectivity index (χ2v) is 34.0. The zero-order valence-electron chi connectivity index (χ0n) is 57.4. The molecule has 4 aromatic heterocycles. The third-order valence-corrected chi connectivity index (χ3v) is 21.7. The number of anilines is 2. The number of allylic oxidation sites excluding steroid dienone is 4. The Labute approximate surface area is 621 Å². The number of nitrogen functional groups attached to an aromatic ring is 2. The molecule has 606 valence electrons. The van der Waals surface area contributed by atoms with Gasteiger partial charge in [-0.1, -0.05) is 71.2 Å². The van der Waals surface area contributed by atoms with Crippen molar-refractivity contribution < 1.29 is 161 Å². The summed E-state index contributed by atoms with van der Waals surface area (Å²) in [6, 6.07) is 0. The summed E-state index contributed by atoms with van der Waals surface area (Å²) in [5.74, 6) is -3.36. The number of aromatic nitrogens is 8. The third-order valence-electron chi connectivity index (χ3n) is 14.4. The van der Waals surface area contributed by atoms with Crippen LogP contribution in [-0.2, 0) is 96.6 Å². The summed E-state index contributed by atoms with van der Waals surface area (Å²) < 4.78 is 124. The molecule has 6 rings (SSSR count). The normalized spacial score (nSPS) is 22.1. The van der Waals surface area contributed by atoms with Crippen molar-refractivity contribution in [2.24, 2.45) is 10.8 Å². The molecule has 2 aliphatic rings. The van der Waals surface area contributed by atoms with Crippen molar-refractivity contribution in [2.75, 3.05) is 75.6 Å². The minimum absolute atomic E-state index is 0.0283. The van der Waals surface area contributed by atoms with Crippen LogP contribution in [0.15, 0.2) is 55.9 Å². The van der Waals surface area contributed by atoms with Crippen LogP contribution in [0.1, 0.15) is 77.0 Å². The van der Waals surface area contributed by atoms with Crippen molar-refractivity contribution in [3.8, 4) is 0 Å². The monoisotopic (exact) mass is 1700 g/mol. The molecule has 48 nitrogen and oxygen atoms in total. The molecule has 2 saturated heterocycles. The maximum Gasteiger partial charge on any atom is 0.481 e. The Morgan fingerprint density at radius 2 is 1.08 bits per heavy atom. The van der Waals surface area contributed by atoms with E-state index in [2.05, 4.69) is 88.0 Å². The standard InChI is InChI=1S/C26H40N7O17P3S.C26H42N7O17P3S/c1-4-5-6-17(35)54-10-9-28-16(34)7-8-29-24(38)21(37)26(2,3)12-47-53(44,45)50-52(42,43)46-11-15-20(49-51(39,40)41)19(36)25(48-15)33-14-32-18-22(27)30-13-31-23(18)33;1-4-5-6-14(34)22-31-21(27)17-23(32-22)33(13-30-17)25-18(36)19(49-51(39,40)41)15(48-25)11-46-52(42,43)50-53(44,45)47-12-26(2,3)20(37)24(38)29-8-7-16(35)28-9-10-54/h4-6,13-15,19-21,25,36-37H,1,7-12H2,2-3H3,(H,28,34)(H,29,38)(H,42,43)(H,44,45)(H2,27,30,31)(H2,39,40,41);5-6,13,15,18-20,25,36-37,54H,4,7-12H2,1-3H3,(H,28,35)(H,29,38)(H,42,43)(H,44,45)(H2,27,31,32)(H2,39,40,41)/t15-,19-,20-,21+,25-;15-,18-,19-,20+,25-/m11/s1. The maximum atomic E-state index is 12.7. The first-order valence-electron chi connectivity index (χ1n) is 31.2. The van der Waals surface area contributed by atoms with Gasteiger partial charge < -0.3 is 102 Å². The van der Waals surface area contributed by atoms with E-state index >= 15 is 0 Å². The zero-order valence-corrected chi connectivity index (χ0v) is 64.5. The van der Waals surface area contributed by atoms with Crippen molar-refractivity contribution in [1.29, 1.82) is 0 Å². The number of hydrogen-bond acceptors (Lipinski definition) is 36. The van der Waals surface area contributed by atoms with Crippen LogP contribution in [0, 0.1) is 10.8 Å². The highest BCUT2D eigenvalue weighted by Gasteiger charge is 2.53. The van der Waals surface area contributed by atoms with Gasteiger partial charge in [-0.2, -0.15) is 21.3 Å². The summed E-state index contributed by atoms with van der Waals surface area (Å²) in [5.41, 5.74) is 8.36. The number of ketones is 1. The number of phosphoric acid groups is 6. The lowest BCUT2D eigenvalue weighted by molar-refractivity contribution is -0.137. The zero-order chi connectivity index (χ0) is 81.1. The molecule has 0 radical (unpaired) electrons. The topological polar surface area (TPSA) is 727 Å². The number of nitrogens with two attached hydrogens (primary N) is 2. The average molecular weight is 1700 g/mol. The van der Waals surface area contributed by atoms with E-state index in [4.69, 9.17) is 39.0 Å². The molecule has 108 heavy (non-hydrogen) atoms. The van der Waals surface area contributed by atoms with Crippen LogP contribution >= 0.6 is 71.3 Å². The van der Waals surface area contributed by atoms with E-state index in [0.717, 1.165) is 39.9 Å².